The van der Waals surface area contributed by atoms with Gasteiger partial charge in [-0.1, -0.05) is 17.7 Å². The van der Waals surface area contributed by atoms with E-state index in [4.69, 9.17) is 9.15 Å². The molecule has 0 aliphatic rings. The van der Waals surface area contributed by atoms with Gasteiger partial charge in [-0.05, 0) is 56.7 Å². The average Bonchev–Trinajstić information content (AvgIpc) is 3.13. The summed E-state index contributed by atoms with van der Waals surface area (Å²) < 4.78 is 11.3. The molecular formula is C20H21N3O3. The summed E-state index contributed by atoms with van der Waals surface area (Å²) in [5.41, 5.74) is 5.66. The largest absolute Gasteiger partial charge is 0.467 e. The Morgan fingerprint density at radius 1 is 1.19 bits per heavy atom. The van der Waals surface area contributed by atoms with E-state index in [1.54, 1.807) is 12.3 Å². The molecule has 0 spiro atoms. The smallest absolute Gasteiger partial charge is 0.230 e. The minimum atomic E-state index is 0.258. The molecule has 0 saturated heterocycles. The number of nitrogens with one attached hydrogen (secondary N) is 1. The lowest BCUT2D eigenvalue weighted by Crippen LogP contribution is -2.22. The third kappa shape index (κ3) is 4.10. The molecule has 0 radical (unpaired) electrons. The molecule has 0 amide bonds. The Morgan fingerprint density at radius 2 is 2.04 bits per heavy atom. The lowest BCUT2D eigenvalue weighted by atomic mass is 10.1. The Kier molecular flexibility index (Phi) is 5.34. The molecule has 0 unspecified atom stereocenters. The van der Waals surface area contributed by atoms with Crippen molar-refractivity contribution in [2.75, 3.05) is 0 Å². The molecule has 6 nitrogen and oxygen atoms in total. The van der Waals surface area contributed by atoms with Crippen LogP contribution in [0, 0.1) is 20.8 Å². The van der Waals surface area contributed by atoms with Gasteiger partial charge in [0.25, 0.3) is 0 Å². The van der Waals surface area contributed by atoms with E-state index in [9.17, 15) is 5.21 Å². The van der Waals surface area contributed by atoms with Crippen LogP contribution in [0.25, 0.3) is 0 Å². The minimum Gasteiger partial charge on any atom is -0.467 e. The molecule has 3 rings (SSSR count). The molecule has 1 aromatic carbocycles. The molecule has 0 aliphatic heterocycles. The minimum absolute atomic E-state index is 0.258. The number of pyridine rings is 1. The van der Waals surface area contributed by atoms with Crippen LogP contribution in [0.2, 0.25) is 0 Å². The van der Waals surface area contributed by atoms with Crippen LogP contribution >= 0.6 is 0 Å². The summed E-state index contributed by atoms with van der Waals surface area (Å²) in [5.74, 6) is 2.03. The number of aliphatic imine (C=N–C) groups is 1. The first kappa shape index (κ1) is 17.7. The number of aromatic nitrogens is 1. The van der Waals surface area contributed by atoms with Crippen molar-refractivity contribution >= 4 is 5.84 Å². The normalized spacial score (nSPS) is 11.5. The van der Waals surface area contributed by atoms with Gasteiger partial charge >= 0.3 is 0 Å². The summed E-state index contributed by atoms with van der Waals surface area (Å²) in [6.45, 7) is 6.17. The van der Waals surface area contributed by atoms with Gasteiger partial charge in [0.05, 0.1) is 18.4 Å². The van der Waals surface area contributed by atoms with Crippen molar-refractivity contribution in [3.63, 3.8) is 0 Å². The topological polar surface area (TPSA) is 79.9 Å². The second-order valence-corrected chi connectivity index (χ2v) is 6.03. The van der Waals surface area contributed by atoms with Gasteiger partial charge < -0.3 is 9.15 Å². The van der Waals surface area contributed by atoms with Crippen molar-refractivity contribution in [3.8, 4) is 11.6 Å². The van der Waals surface area contributed by atoms with Crippen molar-refractivity contribution < 1.29 is 14.4 Å². The lowest BCUT2D eigenvalue weighted by molar-refractivity contribution is 0.234. The Morgan fingerprint density at radius 3 is 2.73 bits per heavy atom. The average molecular weight is 351 g/mol. The van der Waals surface area contributed by atoms with Crippen molar-refractivity contribution in [1.82, 2.24) is 10.5 Å². The molecule has 26 heavy (non-hydrogen) atoms. The molecule has 2 aromatic heterocycles. The zero-order chi connectivity index (χ0) is 18.5. The molecule has 0 fully saturated rings. The number of hydrogen-bond acceptors (Lipinski definition) is 5. The van der Waals surface area contributed by atoms with Crippen molar-refractivity contribution in [1.29, 1.82) is 0 Å². The van der Waals surface area contributed by atoms with Crippen LogP contribution in [0.4, 0.5) is 0 Å². The molecular weight excluding hydrogens is 330 g/mol. The maximum absolute atomic E-state index is 9.56. The number of ether oxygens (including phenoxy) is 1. The number of aryl methyl sites for hydroxylation is 3. The SMILES string of the molecule is Cc1ccc(Oc2nc(C)ccc2C(=NCc2ccco2)NO)c(C)c1. The zero-order valence-corrected chi connectivity index (χ0v) is 15.0. The number of hydrogen-bond donors (Lipinski definition) is 2. The maximum Gasteiger partial charge on any atom is 0.230 e. The van der Waals surface area contributed by atoms with Crippen molar-refractivity contribution in [3.05, 3.63) is 76.9 Å². The van der Waals surface area contributed by atoms with Crippen molar-refractivity contribution in [2.45, 2.75) is 27.3 Å². The van der Waals surface area contributed by atoms with Gasteiger partial charge in [0, 0.05) is 5.69 Å². The Balaban J connectivity index is 1.94. The predicted octanol–water partition coefficient (Wildman–Crippen LogP) is 4.32. The number of hydroxylamine groups is 1. The molecule has 134 valence electrons. The molecule has 3 aromatic rings. The third-order valence-corrected chi connectivity index (χ3v) is 3.87. The van der Waals surface area contributed by atoms with Gasteiger partial charge in [-0.3, -0.25) is 15.7 Å². The Bertz CT molecular complexity index is 918. The van der Waals surface area contributed by atoms with Crippen LogP contribution in [0.15, 0.2) is 58.1 Å². The lowest BCUT2D eigenvalue weighted by Gasteiger charge is -2.14. The fourth-order valence-corrected chi connectivity index (χ4v) is 2.55. The summed E-state index contributed by atoms with van der Waals surface area (Å²) in [4.78, 5) is 8.83. The Labute approximate surface area is 152 Å². The molecule has 6 heteroatoms. The highest BCUT2D eigenvalue weighted by molar-refractivity contribution is 6.00. The number of benzene rings is 1. The second-order valence-electron chi connectivity index (χ2n) is 6.03. The molecule has 0 saturated carbocycles. The fraction of sp³-hybridized carbons (Fsp3) is 0.200. The summed E-state index contributed by atoms with van der Waals surface area (Å²) in [5, 5.41) is 9.56. The van der Waals surface area contributed by atoms with Crippen molar-refractivity contribution in [2.24, 2.45) is 4.99 Å². The first-order valence-corrected chi connectivity index (χ1v) is 8.27. The molecule has 2 N–H and O–H groups in total. The highest BCUT2D eigenvalue weighted by Crippen LogP contribution is 2.27. The van der Waals surface area contributed by atoms with E-state index in [1.165, 1.54) is 0 Å². The van der Waals surface area contributed by atoms with E-state index in [2.05, 4.69) is 15.5 Å². The van der Waals surface area contributed by atoms with E-state index in [1.807, 2.05) is 57.2 Å². The van der Waals surface area contributed by atoms with Crippen LogP contribution < -0.4 is 10.2 Å². The quantitative estimate of drug-likeness (QED) is 0.406. The second kappa shape index (κ2) is 7.84. The van der Waals surface area contributed by atoms with Gasteiger partial charge in [0.15, 0.2) is 5.84 Å². The molecule has 0 atom stereocenters. The fourth-order valence-electron chi connectivity index (χ4n) is 2.55. The Hall–Kier alpha value is -3.12. The first-order chi connectivity index (χ1) is 12.6. The van der Waals surface area contributed by atoms with E-state index in [-0.39, 0.29) is 12.4 Å². The summed E-state index contributed by atoms with van der Waals surface area (Å²) in [6, 6.07) is 13.2. The van der Waals surface area contributed by atoms with E-state index < -0.39 is 0 Å². The number of rotatable bonds is 5. The number of furan rings is 1. The predicted molar refractivity (Wildman–Crippen MR) is 98.8 cm³/mol. The van der Waals surface area contributed by atoms with Gasteiger partial charge in [-0.15, -0.1) is 0 Å². The summed E-state index contributed by atoms with van der Waals surface area (Å²) >= 11 is 0. The van der Waals surface area contributed by atoms with Gasteiger partial charge in [0.2, 0.25) is 5.88 Å². The van der Waals surface area contributed by atoms with Crippen LogP contribution in [-0.4, -0.2) is 16.0 Å². The molecule has 0 aliphatic carbocycles. The highest BCUT2D eigenvalue weighted by atomic mass is 16.5. The molecule has 0 bridgehead atoms. The molecule has 2 heterocycles. The first-order valence-electron chi connectivity index (χ1n) is 8.27. The van der Waals surface area contributed by atoms with Crippen LogP contribution in [0.1, 0.15) is 28.1 Å². The van der Waals surface area contributed by atoms with E-state index >= 15 is 0 Å². The van der Waals surface area contributed by atoms with Crippen LogP contribution in [0.5, 0.6) is 11.6 Å². The van der Waals surface area contributed by atoms with Gasteiger partial charge in [0.1, 0.15) is 11.5 Å². The highest BCUT2D eigenvalue weighted by Gasteiger charge is 2.14. The van der Waals surface area contributed by atoms with Crippen LogP contribution in [-0.2, 0) is 6.54 Å². The van der Waals surface area contributed by atoms with Gasteiger partial charge in [-0.25, -0.2) is 4.98 Å². The zero-order valence-electron chi connectivity index (χ0n) is 15.0. The number of nitrogens with zero attached hydrogens (tertiary/aromatic N) is 2. The maximum atomic E-state index is 9.56. The third-order valence-electron chi connectivity index (χ3n) is 3.87. The van der Waals surface area contributed by atoms with E-state index in [0.29, 0.717) is 23.0 Å². The summed E-state index contributed by atoms with van der Waals surface area (Å²) in [6.07, 6.45) is 1.58. The summed E-state index contributed by atoms with van der Waals surface area (Å²) in [7, 11) is 0. The number of amidine groups is 1. The van der Waals surface area contributed by atoms with E-state index in [0.717, 1.165) is 16.8 Å². The van der Waals surface area contributed by atoms with Gasteiger partial charge in [-0.2, -0.15) is 0 Å². The standard InChI is InChI=1S/C20H21N3O3/c1-13-6-9-18(14(2)11-13)26-20-17(8-7-15(3)22-20)19(23-24)21-12-16-5-4-10-25-16/h4-11,24H,12H2,1-3H3,(H,21,23). The van der Waals surface area contributed by atoms with Crippen LogP contribution in [0.3, 0.4) is 0 Å². The monoisotopic (exact) mass is 351 g/mol.